The fourth-order valence-corrected chi connectivity index (χ4v) is 15.4. The molecule has 4 aliphatic carbocycles. The molecule has 9 aliphatic rings. The zero-order chi connectivity index (χ0) is 55.1. The average molecular weight is 1100 g/mol. The van der Waals surface area contributed by atoms with Crippen molar-refractivity contribution in [1.29, 1.82) is 0 Å². The summed E-state index contributed by atoms with van der Waals surface area (Å²) in [6, 6.07) is 0. The maximum atomic E-state index is 12.3. The molecule has 0 aromatic heterocycles. The zero-order valence-corrected chi connectivity index (χ0v) is 43.2. The zero-order valence-electron chi connectivity index (χ0n) is 43.2. The van der Waals surface area contributed by atoms with E-state index in [2.05, 4.69) is 20.4 Å². The van der Waals surface area contributed by atoms with E-state index in [-0.39, 0.29) is 60.1 Å². The van der Waals surface area contributed by atoms with Crippen LogP contribution in [0.15, 0.2) is 12.2 Å². The van der Waals surface area contributed by atoms with Gasteiger partial charge in [0, 0.05) is 23.7 Å². The van der Waals surface area contributed by atoms with Gasteiger partial charge in [0.2, 0.25) is 0 Å². The molecule has 0 radical (unpaired) electrons. The van der Waals surface area contributed by atoms with Gasteiger partial charge in [0.05, 0.1) is 51.3 Å². The van der Waals surface area contributed by atoms with Gasteiger partial charge in [-0.3, -0.25) is 0 Å². The summed E-state index contributed by atoms with van der Waals surface area (Å²) in [5.41, 5.74) is -0.147. The molecule has 9 rings (SSSR count). The lowest BCUT2D eigenvalue weighted by atomic mass is 9.43. The predicted octanol–water partition coefficient (Wildman–Crippen LogP) is -5.06. The van der Waals surface area contributed by atoms with Gasteiger partial charge < -0.3 is 124 Å². The molecule has 32 atom stereocenters. The van der Waals surface area contributed by atoms with Crippen LogP contribution in [0, 0.1) is 46.3 Å². The quantitative estimate of drug-likeness (QED) is 0.0508. The molecule has 76 heavy (non-hydrogen) atoms. The number of hydrogen-bond donors (Lipinski definition) is 16. The summed E-state index contributed by atoms with van der Waals surface area (Å²) in [6.07, 6.45) is -28.6. The van der Waals surface area contributed by atoms with Crippen molar-refractivity contribution in [2.75, 3.05) is 33.0 Å². The summed E-state index contributed by atoms with van der Waals surface area (Å²) in [5, 5.41) is 171. The molecule has 5 saturated heterocycles. The number of aliphatic hydroxyl groups excluding tert-OH is 15. The minimum atomic E-state index is -1.93. The molecule has 4 saturated carbocycles. The van der Waals surface area contributed by atoms with Crippen molar-refractivity contribution in [2.45, 2.75) is 225 Å². The first kappa shape index (κ1) is 59.4. The molecule has 0 aromatic carbocycles. The second-order valence-corrected chi connectivity index (χ2v) is 23.9. The molecule has 25 heteroatoms. The standard InChI is InChI=1S/C51H84O25/c1-19(18-68-45-40(64)36(60)33(57)27(14-52)70-45)7-10-51(67)20(2)32-26(76-51)12-25-23-6-5-21-11-22(8-9-49(21,3)24(23)13-31(56)50(25,32)4)69-46-42(66)39(63)43(30(17-55)73-46)74-48-44(38(62)35(59)29(16-54)72-48)75-47-41(65)37(61)34(58)28(15-53)71-47/h20-48,52-67H,1,5-18H2,2-4H3/t20-,21-,22-,23+,24-,25-,26-,27+,28+,29+,30+,31+,32-,33+,34+,35+,36-,37-,38-,39+,40+,41+,42+,43-,44+,45+,46+,47-,48-,49-,50+,51+/m0/s1. The van der Waals surface area contributed by atoms with Crippen molar-refractivity contribution in [3.63, 3.8) is 0 Å². The molecule has 438 valence electrons. The highest BCUT2D eigenvalue weighted by Crippen LogP contribution is 2.71. The Morgan fingerprint density at radius 2 is 1.09 bits per heavy atom. The molecule has 5 aliphatic heterocycles. The Morgan fingerprint density at radius 3 is 1.72 bits per heavy atom. The highest BCUT2D eigenvalue weighted by Gasteiger charge is 2.71. The lowest BCUT2D eigenvalue weighted by Gasteiger charge is -2.62. The maximum Gasteiger partial charge on any atom is 0.187 e. The van der Waals surface area contributed by atoms with Gasteiger partial charge >= 0.3 is 0 Å². The Kier molecular flexibility index (Phi) is 18.1. The Hall–Kier alpha value is -1.26. The van der Waals surface area contributed by atoms with Crippen LogP contribution in [0.25, 0.3) is 0 Å². The minimum Gasteiger partial charge on any atom is -0.394 e. The highest BCUT2D eigenvalue weighted by atomic mass is 16.8. The Balaban J connectivity index is 0.796. The van der Waals surface area contributed by atoms with E-state index in [0.717, 1.165) is 19.3 Å². The number of hydrogen-bond acceptors (Lipinski definition) is 25. The van der Waals surface area contributed by atoms with Crippen molar-refractivity contribution >= 4 is 0 Å². The fourth-order valence-electron chi connectivity index (χ4n) is 15.4. The minimum absolute atomic E-state index is 0.0847. The van der Waals surface area contributed by atoms with Gasteiger partial charge in [-0.25, -0.2) is 0 Å². The number of aliphatic hydroxyl groups is 16. The normalized spacial score (nSPS) is 55.3. The third-order valence-corrected chi connectivity index (χ3v) is 20.0. The lowest BCUT2D eigenvalue weighted by molar-refractivity contribution is -0.390. The van der Waals surface area contributed by atoms with E-state index in [1.165, 1.54) is 0 Å². The second kappa shape index (κ2) is 23.2. The van der Waals surface area contributed by atoms with Crippen LogP contribution in [-0.4, -0.2) is 262 Å². The summed E-state index contributed by atoms with van der Waals surface area (Å²) < 4.78 is 53.1. The van der Waals surface area contributed by atoms with Gasteiger partial charge in [-0.05, 0) is 80.5 Å². The van der Waals surface area contributed by atoms with Gasteiger partial charge in [0.25, 0.3) is 0 Å². The Morgan fingerprint density at radius 1 is 0.566 bits per heavy atom. The molecule has 16 N–H and O–H groups in total. The predicted molar refractivity (Wildman–Crippen MR) is 253 cm³/mol. The van der Waals surface area contributed by atoms with Crippen LogP contribution in [0.2, 0.25) is 0 Å². The second-order valence-electron chi connectivity index (χ2n) is 23.9. The lowest BCUT2D eigenvalue weighted by Crippen LogP contribution is -2.67. The summed E-state index contributed by atoms with van der Waals surface area (Å²) in [6.45, 7) is 7.44. The van der Waals surface area contributed by atoms with Crippen LogP contribution < -0.4 is 0 Å². The smallest absolute Gasteiger partial charge is 0.187 e. The van der Waals surface area contributed by atoms with Crippen molar-refractivity contribution in [3.8, 4) is 0 Å². The summed E-state index contributed by atoms with van der Waals surface area (Å²) in [4.78, 5) is 0. The number of rotatable bonds is 16. The molecular weight excluding hydrogens is 1010 g/mol. The van der Waals surface area contributed by atoms with E-state index >= 15 is 0 Å². The number of fused-ring (bicyclic) bond motifs is 7. The van der Waals surface area contributed by atoms with E-state index in [4.69, 9.17) is 42.6 Å². The van der Waals surface area contributed by atoms with Crippen molar-refractivity contribution in [1.82, 2.24) is 0 Å². The summed E-state index contributed by atoms with van der Waals surface area (Å²) in [5.74, 6) is -1.21. The van der Waals surface area contributed by atoms with Crippen LogP contribution in [-0.2, 0) is 42.6 Å². The van der Waals surface area contributed by atoms with Gasteiger partial charge in [-0.2, -0.15) is 0 Å². The third kappa shape index (κ3) is 10.4. The number of ether oxygens (including phenoxy) is 9. The molecule has 25 nitrogen and oxygen atoms in total. The molecular formula is C51H84O25. The van der Waals surface area contributed by atoms with Gasteiger partial charge in [-0.1, -0.05) is 32.9 Å². The largest absolute Gasteiger partial charge is 0.394 e. The molecule has 0 aromatic rings. The fraction of sp³-hybridized carbons (Fsp3) is 0.961. The van der Waals surface area contributed by atoms with Crippen molar-refractivity contribution < 1.29 is 124 Å². The SMILES string of the molecule is C=C(CC[C@@]1(O)O[C@H]2C[C@H]3[C@@H]4CC[C@H]5C[C@@H](O[C@@H]6O[C@H](CO)[C@H](O[C@@H]7O[C@H](CO)[C@@H](O)[C@H](O)[C@H]7O[C@@H]7O[C@H](CO)[C@@H](O)[C@H](O)[C@H]7O)[C@H](O)[C@H]6O)CC[C@]5(C)[C@H]4C[C@@H](O)[C@]3(C)[C@H]2[C@@H]1C)CO[C@@H]1O[C@H](CO)[C@@H](O)[C@H](O)[C@H]1O. The van der Waals surface area contributed by atoms with Crippen LogP contribution in [0.5, 0.6) is 0 Å². The van der Waals surface area contributed by atoms with Gasteiger partial charge in [0.15, 0.2) is 30.9 Å². The first-order chi connectivity index (χ1) is 35.9. The molecule has 0 spiro atoms. The third-order valence-electron chi connectivity index (χ3n) is 20.0. The van der Waals surface area contributed by atoms with Crippen molar-refractivity contribution in [2.24, 2.45) is 46.3 Å². The maximum absolute atomic E-state index is 12.3. The van der Waals surface area contributed by atoms with E-state index in [1.807, 2.05) is 6.92 Å². The van der Waals surface area contributed by atoms with Crippen LogP contribution in [0.4, 0.5) is 0 Å². The van der Waals surface area contributed by atoms with Crippen LogP contribution in [0.3, 0.4) is 0 Å². The van der Waals surface area contributed by atoms with Crippen LogP contribution >= 0.6 is 0 Å². The van der Waals surface area contributed by atoms with Crippen molar-refractivity contribution in [3.05, 3.63) is 12.2 Å². The molecule has 0 bridgehead atoms. The Bertz CT molecular complexity index is 1950. The van der Waals surface area contributed by atoms with E-state index in [9.17, 15) is 81.7 Å². The monoisotopic (exact) mass is 1100 g/mol. The molecule has 0 unspecified atom stereocenters. The topological polar surface area (TPSA) is 407 Å². The van der Waals surface area contributed by atoms with Gasteiger partial charge in [-0.15, -0.1) is 0 Å². The molecule has 9 fully saturated rings. The Labute approximate surface area is 440 Å². The van der Waals surface area contributed by atoms with E-state index in [1.54, 1.807) is 0 Å². The summed E-state index contributed by atoms with van der Waals surface area (Å²) in [7, 11) is 0. The summed E-state index contributed by atoms with van der Waals surface area (Å²) >= 11 is 0. The van der Waals surface area contributed by atoms with E-state index < -0.39 is 173 Å². The first-order valence-corrected chi connectivity index (χ1v) is 27.1. The van der Waals surface area contributed by atoms with E-state index in [0.29, 0.717) is 37.7 Å². The average Bonchev–Trinajstić information content (AvgIpc) is 3.85. The molecule has 5 heterocycles. The van der Waals surface area contributed by atoms with Gasteiger partial charge in [0.1, 0.15) is 97.7 Å². The first-order valence-electron chi connectivity index (χ1n) is 27.1. The van der Waals surface area contributed by atoms with Crippen LogP contribution in [0.1, 0.15) is 78.6 Å². The molecule has 0 amide bonds. The highest BCUT2D eigenvalue weighted by molar-refractivity contribution is 5.18.